The number of nitrogens with one attached hydrogen (secondary N) is 1. The second kappa shape index (κ2) is 4.15. The SMILES string of the molecule is Cl.O=C(O)OC1C[C@H]2CCC[C@H]2N1. The molecule has 2 fully saturated rings. The average Bonchev–Trinajstić information content (AvgIpc) is 2.43. The Morgan fingerprint density at radius 3 is 2.85 bits per heavy atom. The third-order valence-electron chi connectivity index (χ3n) is 2.82. The molecule has 5 heteroatoms. The van der Waals surface area contributed by atoms with E-state index in [9.17, 15) is 4.79 Å². The van der Waals surface area contributed by atoms with Crippen LogP contribution in [0.2, 0.25) is 0 Å². The Labute approximate surface area is 83.1 Å². The van der Waals surface area contributed by atoms with E-state index in [2.05, 4.69) is 10.1 Å². The Hall–Kier alpha value is -0.480. The fraction of sp³-hybridized carbons (Fsp3) is 0.875. The topological polar surface area (TPSA) is 58.6 Å². The molecule has 1 heterocycles. The molecule has 1 aliphatic heterocycles. The summed E-state index contributed by atoms with van der Waals surface area (Å²) in [6.45, 7) is 0. The standard InChI is InChI=1S/C8H13NO3.ClH/c10-8(11)12-7-4-5-2-1-3-6(5)9-7;/h5-7,9H,1-4H2,(H,10,11);1H/t5-,6-,7?;/m1./s1. The quantitative estimate of drug-likeness (QED) is 0.642. The molecule has 4 nitrogen and oxygen atoms in total. The fourth-order valence-electron chi connectivity index (χ4n) is 2.32. The molecule has 2 rings (SSSR count). The van der Waals surface area contributed by atoms with Crippen molar-refractivity contribution in [2.24, 2.45) is 5.92 Å². The lowest BCUT2D eigenvalue weighted by Crippen LogP contribution is -2.32. The zero-order valence-corrected chi connectivity index (χ0v) is 8.05. The first-order valence-electron chi connectivity index (χ1n) is 4.41. The van der Waals surface area contributed by atoms with Gasteiger partial charge < -0.3 is 9.84 Å². The zero-order chi connectivity index (χ0) is 8.55. The predicted molar refractivity (Wildman–Crippen MR) is 49.0 cm³/mol. The molecule has 0 bridgehead atoms. The van der Waals surface area contributed by atoms with Gasteiger partial charge in [-0.25, -0.2) is 4.79 Å². The summed E-state index contributed by atoms with van der Waals surface area (Å²) in [5.74, 6) is 0.648. The van der Waals surface area contributed by atoms with Gasteiger partial charge in [0.05, 0.1) is 0 Å². The predicted octanol–water partition coefficient (Wildman–Crippen LogP) is 1.59. The highest BCUT2D eigenvalue weighted by molar-refractivity contribution is 5.85. The molecule has 1 saturated heterocycles. The van der Waals surface area contributed by atoms with E-state index < -0.39 is 6.16 Å². The van der Waals surface area contributed by atoms with Crippen LogP contribution in [0.15, 0.2) is 0 Å². The van der Waals surface area contributed by atoms with Crippen LogP contribution in [-0.4, -0.2) is 23.5 Å². The van der Waals surface area contributed by atoms with Gasteiger partial charge in [0.2, 0.25) is 0 Å². The molecule has 76 valence electrons. The van der Waals surface area contributed by atoms with Crippen LogP contribution < -0.4 is 5.32 Å². The highest BCUT2D eigenvalue weighted by Gasteiger charge is 2.38. The Kier molecular flexibility index (Phi) is 3.39. The van der Waals surface area contributed by atoms with Crippen molar-refractivity contribution in [1.29, 1.82) is 0 Å². The van der Waals surface area contributed by atoms with Crippen LogP contribution in [0.4, 0.5) is 4.79 Å². The Bertz CT molecular complexity index is 188. The minimum absolute atomic E-state index is 0. The first-order valence-corrected chi connectivity index (χ1v) is 4.41. The summed E-state index contributed by atoms with van der Waals surface area (Å²) in [4.78, 5) is 10.2. The Balaban J connectivity index is 0.000000845. The van der Waals surface area contributed by atoms with Crippen molar-refractivity contribution >= 4 is 18.6 Å². The smallest absolute Gasteiger partial charge is 0.450 e. The number of hydrogen-bond donors (Lipinski definition) is 2. The van der Waals surface area contributed by atoms with Crippen molar-refractivity contribution < 1.29 is 14.6 Å². The summed E-state index contributed by atoms with van der Waals surface area (Å²) in [7, 11) is 0. The first-order chi connectivity index (χ1) is 5.75. The molecule has 0 aromatic rings. The number of rotatable bonds is 1. The van der Waals surface area contributed by atoms with Gasteiger partial charge in [0.25, 0.3) is 0 Å². The van der Waals surface area contributed by atoms with E-state index >= 15 is 0 Å². The third-order valence-corrected chi connectivity index (χ3v) is 2.82. The van der Waals surface area contributed by atoms with E-state index in [-0.39, 0.29) is 18.6 Å². The maximum atomic E-state index is 10.2. The van der Waals surface area contributed by atoms with Gasteiger partial charge in [-0.2, -0.15) is 0 Å². The number of halogens is 1. The molecule has 0 aromatic carbocycles. The van der Waals surface area contributed by atoms with Crippen LogP contribution in [0, 0.1) is 5.92 Å². The maximum Gasteiger partial charge on any atom is 0.507 e. The van der Waals surface area contributed by atoms with Crippen LogP contribution >= 0.6 is 12.4 Å². The molecule has 0 aromatic heterocycles. The molecular weight excluding hydrogens is 194 g/mol. The summed E-state index contributed by atoms with van der Waals surface area (Å²) in [5.41, 5.74) is 0. The van der Waals surface area contributed by atoms with Crippen molar-refractivity contribution in [2.45, 2.75) is 38.0 Å². The molecule has 2 N–H and O–H groups in total. The molecular formula is C8H14ClNO3. The van der Waals surface area contributed by atoms with Gasteiger partial charge in [0.15, 0.2) is 6.23 Å². The molecule has 1 aliphatic carbocycles. The number of carbonyl (C=O) groups is 1. The molecule has 13 heavy (non-hydrogen) atoms. The first kappa shape index (κ1) is 10.6. The molecule has 0 radical (unpaired) electrons. The molecule has 1 unspecified atom stereocenters. The van der Waals surface area contributed by atoms with Crippen LogP contribution in [0.5, 0.6) is 0 Å². The Morgan fingerprint density at radius 2 is 2.23 bits per heavy atom. The summed E-state index contributed by atoms with van der Waals surface area (Å²) in [6, 6.07) is 0.509. The maximum absolute atomic E-state index is 10.2. The summed E-state index contributed by atoms with van der Waals surface area (Å²) < 4.78 is 4.65. The second-order valence-corrected chi connectivity index (χ2v) is 3.57. The highest BCUT2D eigenvalue weighted by atomic mass is 35.5. The monoisotopic (exact) mass is 207 g/mol. The molecule has 3 atom stereocenters. The van der Waals surface area contributed by atoms with Crippen molar-refractivity contribution in [1.82, 2.24) is 5.32 Å². The summed E-state index contributed by atoms with van der Waals surface area (Å²) in [6.07, 6.45) is 3.09. The van der Waals surface area contributed by atoms with Crippen molar-refractivity contribution in [3.05, 3.63) is 0 Å². The lowest BCUT2D eigenvalue weighted by molar-refractivity contribution is 0.0420. The number of ether oxygens (including phenoxy) is 1. The molecule has 1 saturated carbocycles. The molecule has 0 amide bonds. The van der Waals surface area contributed by atoms with Crippen molar-refractivity contribution in [3.63, 3.8) is 0 Å². The molecule has 2 aliphatic rings. The summed E-state index contributed by atoms with van der Waals surface area (Å²) >= 11 is 0. The molecule has 0 spiro atoms. The second-order valence-electron chi connectivity index (χ2n) is 3.57. The van der Waals surface area contributed by atoms with Gasteiger partial charge in [-0.05, 0) is 18.8 Å². The summed E-state index contributed by atoms with van der Waals surface area (Å²) in [5, 5.41) is 11.6. The van der Waals surface area contributed by atoms with E-state index in [1.54, 1.807) is 0 Å². The fourth-order valence-corrected chi connectivity index (χ4v) is 2.32. The number of hydrogen-bond acceptors (Lipinski definition) is 3. The van der Waals surface area contributed by atoms with Gasteiger partial charge in [0, 0.05) is 12.5 Å². The minimum Gasteiger partial charge on any atom is -0.450 e. The van der Waals surface area contributed by atoms with Crippen LogP contribution in [0.3, 0.4) is 0 Å². The third kappa shape index (κ3) is 2.25. The average molecular weight is 208 g/mol. The van der Waals surface area contributed by atoms with Crippen LogP contribution in [-0.2, 0) is 4.74 Å². The van der Waals surface area contributed by atoms with Gasteiger partial charge in [-0.3, -0.25) is 5.32 Å². The van der Waals surface area contributed by atoms with E-state index in [0.717, 1.165) is 6.42 Å². The Morgan fingerprint density at radius 1 is 1.46 bits per heavy atom. The van der Waals surface area contributed by atoms with Crippen LogP contribution in [0.25, 0.3) is 0 Å². The normalized spacial score (nSPS) is 36.5. The minimum atomic E-state index is -1.17. The number of carboxylic acid groups (broad SMARTS) is 1. The van der Waals surface area contributed by atoms with E-state index in [4.69, 9.17) is 5.11 Å². The van der Waals surface area contributed by atoms with Gasteiger partial charge in [0.1, 0.15) is 0 Å². The lowest BCUT2D eigenvalue weighted by Gasteiger charge is -2.10. The van der Waals surface area contributed by atoms with E-state index in [0.29, 0.717) is 12.0 Å². The van der Waals surface area contributed by atoms with Gasteiger partial charge in [-0.1, -0.05) is 6.42 Å². The highest BCUT2D eigenvalue weighted by Crippen LogP contribution is 2.34. The van der Waals surface area contributed by atoms with E-state index in [1.165, 1.54) is 19.3 Å². The zero-order valence-electron chi connectivity index (χ0n) is 7.23. The van der Waals surface area contributed by atoms with Gasteiger partial charge in [-0.15, -0.1) is 12.4 Å². The van der Waals surface area contributed by atoms with Crippen molar-refractivity contribution in [3.8, 4) is 0 Å². The van der Waals surface area contributed by atoms with Crippen molar-refractivity contribution in [2.75, 3.05) is 0 Å². The van der Waals surface area contributed by atoms with E-state index in [1.807, 2.05) is 0 Å². The lowest BCUT2D eigenvalue weighted by atomic mass is 10.0. The van der Waals surface area contributed by atoms with Crippen LogP contribution in [0.1, 0.15) is 25.7 Å². The largest absolute Gasteiger partial charge is 0.507 e. The van der Waals surface area contributed by atoms with Gasteiger partial charge >= 0.3 is 6.16 Å². The number of fused-ring (bicyclic) bond motifs is 1.